The number of hydrogen-bond donors (Lipinski definition) is 0. The van der Waals surface area contributed by atoms with Crippen molar-refractivity contribution in [1.29, 1.82) is 0 Å². The monoisotopic (exact) mass is 434 g/mol. The van der Waals surface area contributed by atoms with Gasteiger partial charge in [0.1, 0.15) is 5.75 Å². The fourth-order valence-electron chi connectivity index (χ4n) is 4.10. The van der Waals surface area contributed by atoms with Crippen LogP contribution in [0.1, 0.15) is 17.0 Å². The zero-order chi connectivity index (χ0) is 22.0. The van der Waals surface area contributed by atoms with Gasteiger partial charge in [-0.05, 0) is 17.7 Å². The quantitative estimate of drug-likeness (QED) is 0.535. The highest BCUT2D eigenvalue weighted by molar-refractivity contribution is 5.66. The van der Waals surface area contributed by atoms with Gasteiger partial charge in [-0.2, -0.15) is 13.2 Å². The van der Waals surface area contributed by atoms with Crippen molar-refractivity contribution in [1.82, 2.24) is 4.90 Å². The maximum atomic E-state index is 13.8. The zero-order valence-electron chi connectivity index (χ0n) is 16.5. The average Bonchev–Trinajstić information content (AvgIpc) is 2.77. The van der Waals surface area contributed by atoms with E-state index in [1.54, 1.807) is 24.3 Å². The Labute approximate surface area is 177 Å². The molecule has 2 aliphatic rings. The molecule has 0 bridgehead atoms. The van der Waals surface area contributed by atoms with E-state index >= 15 is 0 Å². The van der Waals surface area contributed by atoms with E-state index < -0.39 is 29.2 Å². The van der Waals surface area contributed by atoms with Crippen LogP contribution < -0.4 is 4.74 Å². The van der Waals surface area contributed by atoms with Gasteiger partial charge < -0.3 is 14.4 Å². The lowest BCUT2D eigenvalue weighted by Crippen LogP contribution is -2.53. The third kappa shape index (κ3) is 4.36. The summed E-state index contributed by atoms with van der Waals surface area (Å²) in [5.74, 6) is -1.11. The number of ether oxygens (including phenoxy) is 2. The number of nitro groups is 1. The first-order chi connectivity index (χ1) is 14.9. The molecule has 3 atom stereocenters. The minimum atomic E-state index is -4.89. The summed E-state index contributed by atoms with van der Waals surface area (Å²) in [6, 6.07) is 13.4. The maximum absolute atomic E-state index is 13.8. The summed E-state index contributed by atoms with van der Waals surface area (Å²) in [7, 11) is 0. The molecule has 0 saturated carbocycles. The Kier molecular flexibility index (Phi) is 5.86. The van der Waals surface area contributed by atoms with Crippen molar-refractivity contribution in [3.63, 3.8) is 0 Å². The Morgan fingerprint density at radius 3 is 2.35 bits per heavy atom. The molecule has 1 saturated heterocycles. The third-order valence-corrected chi connectivity index (χ3v) is 5.53. The number of rotatable bonds is 4. The summed E-state index contributed by atoms with van der Waals surface area (Å²) in [6.45, 7) is 2.02. The second-order valence-corrected chi connectivity index (χ2v) is 7.44. The van der Waals surface area contributed by atoms with Crippen LogP contribution in [0.3, 0.4) is 0 Å². The summed E-state index contributed by atoms with van der Waals surface area (Å²) < 4.78 is 51.8. The van der Waals surface area contributed by atoms with Gasteiger partial charge in [0.15, 0.2) is 0 Å². The number of morpholine rings is 1. The van der Waals surface area contributed by atoms with Crippen LogP contribution in [0.4, 0.5) is 13.2 Å². The third-order valence-electron chi connectivity index (χ3n) is 5.53. The Bertz CT molecular complexity index is 959. The molecule has 0 aromatic heterocycles. The fraction of sp³-hybridized carbons (Fsp3) is 0.364. The van der Waals surface area contributed by atoms with Crippen LogP contribution >= 0.6 is 0 Å². The zero-order valence-corrected chi connectivity index (χ0v) is 16.5. The van der Waals surface area contributed by atoms with Gasteiger partial charge in [0.05, 0.1) is 19.1 Å². The average molecular weight is 434 g/mol. The smallest absolute Gasteiger partial charge is 0.432 e. The molecule has 0 unspecified atom stereocenters. The summed E-state index contributed by atoms with van der Waals surface area (Å²) in [4.78, 5) is 13.0. The molecule has 0 aliphatic carbocycles. The van der Waals surface area contributed by atoms with Gasteiger partial charge in [0.25, 0.3) is 12.1 Å². The second kappa shape index (κ2) is 8.58. The predicted octanol–water partition coefficient (Wildman–Crippen LogP) is 4.11. The second-order valence-electron chi connectivity index (χ2n) is 7.44. The Morgan fingerprint density at radius 2 is 1.71 bits per heavy atom. The van der Waals surface area contributed by atoms with E-state index in [0.717, 1.165) is 5.56 Å². The minimum absolute atomic E-state index is 0.0126. The van der Waals surface area contributed by atoms with E-state index in [9.17, 15) is 23.3 Å². The Morgan fingerprint density at radius 1 is 1.06 bits per heavy atom. The molecule has 164 valence electrons. The number of nitrogens with zero attached hydrogens (tertiary/aromatic N) is 2. The molecule has 2 aromatic rings. The van der Waals surface area contributed by atoms with Crippen LogP contribution in [0.2, 0.25) is 0 Å². The summed E-state index contributed by atoms with van der Waals surface area (Å²) in [5.41, 5.74) is 1.80. The summed E-state index contributed by atoms with van der Waals surface area (Å²) in [6.07, 6.45) is -5.84. The summed E-state index contributed by atoms with van der Waals surface area (Å²) in [5, 5.41) is 11.9. The molecule has 0 N–H and O–H groups in total. The maximum Gasteiger partial charge on any atom is 0.432 e. The fourth-order valence-corrected chi connectivity index (χ4v) is 4.10. The van der Waals surface area contributed by atoms with Crippen LogP contribution in [0.5, 0.6) is 5.75 Å². The van der Waals surface area contributed by atoms with E-state index in [1.807, 2.05) is 35.2 Å². The number of halogens is 3. The van der Waals surface area contributed by atoms with Crippen molar-refractivity contribution < 1.29 is 27.6 Å². The topological polar surface area (TPSA) is 64.8 Å². The molecule has 9 heteroatoms. The number of hydrogen-bond acceptors (Lipinski definition) is 5. The first-order valence-electron chi connectivity index (χ1n) is 9.92. The highest BCUT2D eigenvalue weighted by Crippen LogP contribution is 2.44. The van der Waals surface area contributed by atoms with Gasteiger partial charge in [-0.3, -0.25) is 10.1 Å². The molecule has 4 rings (SSSR count). The van der Waals surface area contributed by atoms with Gasteiger partial charge in [-0.1, -0.05) is 48.5 Å². The van der Waals surface area contributed by atoms with Crippen LogP contribution in [-0.4, -0.2) is 54.4 Å². The van der Waals surface area contributed by atoms with Crippen molar-refractivity contribution in [3.8, 4) is 5.75 Å². The molecule has 0 radical (unpaired) electrons. The molecule has 31 heavy (non-hydrogen) atoms. The van der Waals surface area contributed by atoms with E-state index in [0.29, 0.717) is 37.6 Å². The van der Waals surface area contributed by atoms with E-state index in [-0.39, 0.29) is 5.75 Å². The molecular formula is C22H21F3N2O4. The van der Waals surface area contributed by atoms with E-state index in [4.69, 9.17) is 9.47 Å². The number of para-hydroxylation sites is 1. The van der Waals surface area contributed by atoms with Crippen LogP contribution in [0, 0.1) is 10.1 Å². The molecule has 2 aliphatic heterocycles. The highest BCUT2D eigenvalue weighted by Gasteiger charge is 2.58. The predicted molar refractivity (Wildman–Crippen MR) is 107 cm³/mol. The highest BCUT2D eigenvalue weighted by atomic mass is 19.4. The van der Waals surface area contributed by atoms with Gasteiger partial charge in [0, 0.05) is 29.3 Å². The van der Waals surface area contributed by atoms with E-state index in [1.165, 1.54) is 6.07 Å². The lowest BCUT2D eigenvalue weighted by Gasteiger charge is -2.36. The molecular weight excluding hydrogens is 413 g/mol. The molecule has 0 amide bonds. The van der Waals surface area contributed by atoms with Crippen LogP contribution in [0.15, 0.2) is 60.7 Å². The lowest BCUT2D eigenvalue weighted by molar-refractivity contribution is -0.546. The van der Waals surface area contributed by atoms with Gasteiger partial charge in [0.2, 0.25) is 0 Å². The largest absolute Gasteiger partial charge is 0.473 e. The van der Waals surface area contributed by atoms with Gasteiger partial charge in [-0.15, -0.1) is 0 Å². The molecule has 2 aromatic carbocycles. The molecule has 6 nitrogen and oxygen atoms in total. The van der Waals surface area contributed by atoms with Crippen LogP contribution in [-0.2, 0) is 4.74 Å². The standard InChI is InChI=1S/C22H21F3N2O4/c23-22(24,25)21-20(27(28)29)17(16-8-4-5-9-19(16)31-21)14-18(15-6-2-1-3-7-15)26-10-12-30-13-11-26/h1-9,14,17,20-21H,10-13H2/b18-14+/t17-,20-,21-/m0/s1. The molecule has 0 spiro atoms. The summed E-state index contributed by atoms with van der Waals surface area (Å²) >= 11 is 0. The van der Waals surface area contributed by atoms with E-state index in [2.05, 4.69) is 0 Å². The van der Waals surface area contributed by atoms with Crippen molar-refractivity contribution in [2.24, 2.45) is 0 Å². The van der Waals surface area contributed by atoms with Gasteiger partial charge in [-0.25, -0.2) is 0 Å². The Hall–Kier alpha value is -3.07. The molecule has 2 heterocycles. The SMILES string of the molecule is O=[N+]([O-])[C@H]1[C@@H](/C=C(\c2ccccc2)N2CCOCC2)c2ccccc2O[C@@H]1C(F)(F)F. The lowest BCUT2D eigenvalue weighted by atomic mass is 9.83. The number of alkyl halides is 3. The normalized spacial score (nSPS) is 24.3. The number of fused-ring (bicyclic) bond motifs is 1. The molecule has 1 fully saturated rings. The van der Waals surface area contributed by atoms with Crippen molar-refractivity contribution in [2.75, 3.05) is 26.3 Å². The van der Waals surface area contributed by atoms with Crippen molar-refractivity contribution in [2.45, 2.75) is 24.2 Å². The van der Waals surface area contributed by atoms with Crippen LogP contribution in [0.25, 0.3) is 5.70 Å². The number of benzene rings is 2. The minimum Gasteiger partial charge on any atom is -0.473 e. The first kappa shape index (κ1) is 21.2. The van der Waals surface area contributed by atoms with Gasteiger partial charge >= 0.3 is 6.18 Å². The Balaban J connectivity index is 1.88. The first-order valence-corrected chi connectivity index (χ1v) is 9.92. The van der Waals surface area contributed by atoms with Crippen molar-refractivity contribution >= 4 is 5.70 Å². The van der Waals surface area contributed by atoms with Crippen molar-refractivity contribution in [3.05, 3.63) is 81.9 Å².